The van der Waals surface area contributed by atoms with Crippen molar-refractivity contribution in [2.24, 2.45) is 0 Å². The van der Waals surface area contributed by atoms with Gasteiger partial charge in [0.25, 0.3) is 0 Å². The maximum atomic E-state index is 13.6. The van der Waals surface area contributed by atoms with Crippen molar-refractivity contribution in [3.8, 4) is 0 Å². The first-order valence-electron chi connectivity index (χ1n) is 6.49. The maximum absolute atomic E-state index is 13.6. The van der Waals surface area contributed by atoms with Crippen LogP contribution in [0.15, 0.2) is 48.5 Å². The molecule has 0 spiro atoms. The van der Waals surface area contributed by atoms with Crippen LogP contribution in [0.4, 0.5) is 8.78 Å². The molecule has 0 saturated carbocycles. The van der Waals surface area contributed by atoms with Gasteiger partial charge in [-0.15, -0.1) is 0 Å². The van der Waals surface area contributed by atoms with Gasteiger partial charge in [-0.05, 0) is 30.7 Å². The van der Waals surface area contributed by atoms with E-state index in [4.69, 9.17) is 0 Å². The second-order valence-electron chi connectivity index (χ2n) is 4.72. The van der Waals surface area contributed by atoms with Crippen molar-refractivity contribution >= 4 is 0 Å². The molecule has 0 radical (unpaired) electrons. The van der Waals surface area contributed by atoms with Gasteiger partial charge in [0.2, 0.25) is 0 Å². The van der Waals surface area contributed by atoms with E-state index in [-0.39, 0.29) is 24.2 Å². The van der Waals surface area contributed by atoms with Crippen LogP contribution in [0, 0.1) is 11.6 Å². The van der Waals surface area contributed by atoms with Gasteiger partial charge in [-0.25, -0.2) is 8.78 Å². The second-order valence-corrected chi connectivity index (χ2v) is 4.72. The molecule has 0 aliphatic carbocycles. The average Bonchev–Trinajstić information content (AvgIpc) is 2.45. The highest BCUT2D eigenvalue weighted by molar-refractivity contribution is 5.21. The Morgan fingerprint density at radius 1 is 1.05 bits per heavy atom. The molecule has 2 rings (SSSR count). The Kier molecular flexibility index (Phi) is 4.82. The number of benzene rings is 2. The van der Waals surface area contributed by atoms with Crippen LogP contribution in [0.25, 0.3) is 0 Å². The highest BCUT2D eigenvalue weighted by Crippen LogP contribution is 2.18. The predicted molar refractivity (Wildman–Crippen MR) is 74.2 cm³/mol. The van der Waals surface area contributed by atoms with Gasteiger partial charge in [0.15, 0.2) is 0 Å². The molecule has 2 aromatic carbocycles. The topological polar surface area (TPSA) is 32.3 Å². The number of rotatable bonds is 5. The van der Waals surface area contributed by atoms with E-state index in [0.29, 0.717) is 11.1 Å². The predicted octanol–water partition coefficient (Wildman–Crippen LogP) is 3.35. The standard InChI is InChI=1S/C16H17F2NO/c1-11(14-4-2-3-5-15(14)18)19-10-16(20)12-6-8-13(17)9-7-12/h2-9,11,16,19-20H,10H2,1H3/t11-,16?/m1/s1. The van der Waals surface area contributed by atoms with E-state index in [1.54, 1.807) is 18.2 Å². The highest BCUT2D eigenvalue weighted by Gasteiger charge is 2.13. The van der Waals surface area contributed by atoms with Crippen LogP contribution in [0.5, 0.6) is 0 Å². The summed E-state index contributed by atoms with van der Waals surface area (Å²) in [6, 6.07) is 12.0. The largest absolute Gasteiger partial charge is 0.387 e. The van der Waals surface area contributed by atoms with Crippen molar-refractivity contribution < 1.29 is 13.9 Å². The first kappa shape index (κ1) is 14.6. The van der Waals surface area contributed by atoms with Crippen LogP contribution in [-0.4, -0.2) is 11.7 Å². The Balaban J connectivity index is 1.95. The van der Waals surface area contributed by atoms with Crippen molar-refractivity contribution in [2.75, 3.05) is 6.54 Å². The quantitative estimate of drug-likeness (QED) is 0.878. The zero-order valence-electron chi connectivity index (χ0n) is 11.2. The lowest BCUT2D eigenvalue weighted by Crippen LogP contribution is -2.25. The van der Waals surface area contributed by atoms with Crippen LogP contribution in [0.1, 0.15) is 30.2 Å². The molecule has 106 valence electrons. The Bertz CT molecular complexity index is 557. The smallest absolute Gasteiger partial charge is 0.127 e. The number of aliphatic hydroxyl groups is 1. The molecule has 1 unspecified atom stereocenters. The molecule has 0 bridgehead atoms. The van der Waals surface area contributed by atoms with E-state index in [2.05, 4.69) is 5.32 Å². The van der Waals surface area contributed by atoms with E-state index >= 15 is 0 Å². The monoisotopic (exact) mass is 277 g/mol. The molecule has 0 fully saturated rings. The number of halogens is 2. The first-order valence-corrected chi connectivity index (χ1v) is 6.49. The van der Waals surface area contributed by atoms with Crippen LogP contribution in [0.2, 0.25) is 0 Å². The molecule has 2 N–H and O–H groups in total. The Hall–Kier alpha value is -1.78. The highest BCUT2D eigenvalue weighted by atomic mass is 19.1. The number of hydrogen-bond donors (Lipinski definition) is 2. The van der Waals surface area contributed by atoms with E-state index in [9.17, 15) is 13.9 Å². The Morgan fingerprint density at radius 2 is 1.70 bits per heavy atom. The van der Waals surface area contributed by atoms with Gasteiger partial charge in [0.1, 0.15) is 11.6 Å². The average molecular weight is 277 g/mol. The third kappa shape index (κ3) is 3.62. The molecule has 0 aromatic heterocycles. The van der Waals surface area contributed by atoms with Crippen LogP contribution in [0.3, 0.4) is 0 Å². The normalized spacial score (nSPS) is 14.0. The maximum Gasteiger partial charge on any atom is 0.127 e. The summed E-state index contributed by atoms with van der Waals surface area (Å²) in [6.07, 6.45) is -0.759. The van der Waals surface area contributed by atoms with Gasteiger partial charge in [-0.2, -0.15) is 0 Å². The molecular formula is C16H17F2NO. The molecule has 0 aliphatic rings. The summed E-state index contributed by atoms with van der Waals surface area (Å²) in [7, 11) is 0. The van der Waals surface area contributed by atoms with Gasteiger partial charge in [-0.3, -0.25) is 0 Å². The Morgan fingerprint density at radius 3 is 2.35 bits per heavy atom. The van der Waals surface area contributed by atoms with Crippen molar-refractivity contribution in [1.29, 1.82) is 0 Å². The molecule has 0 amide bonds. The molecule has 2 nitrogen and oxygen atoms in total. The van der Waals surface area contributed by atoms with Gasteiger partial charge >= 0.3 is 0 Å². The first-order chi connectivity index (χ1) is 9.58. The molecule has 0 aliphatic heterocycles. The van der Waals surface area contributed by atoms with E-state index in [0.717, 1.165) is 0 Å². The summed E-state index contributed by atoms with van der Waals surface area (Å²) in [5.74, 6) is -0.614. The molecule has 20 heavy (non-hydrogen) atoms. The summed E-state index contributed by atoms with van der Waals surface area (Å²) >= 11 is 0. The minimum atomic E-state index is -0.759. The number of aliphatic hydroxyl groups excluding tert-OH is 1. The third-order valence-corrected chi connectivity index (χ3v) is 3.24. The second kappa shape index (κ2) is 6.59. The minimum Gasteiger partial charge on any atom is -0.387 e. The van der Waals surface area contributed by atoms with Gasteiger partial charge < -0.3 is 10.4 Å². The zero-order valence-corrected chi connectivity index (χ0v) is 11.2. The van der Waals surface area contributed by atoms with E-state index in [1.165, 1.54) is 30.3 Å². The summed E-state index contributed by atoms with van der Waals surface area (Å²) in [4.78, 5) is 0. The van der Waals surface area contributed by atoms with Crippen molar-refractivity contribution in [1.82, 2.24) is 5.32 Å². The van der Waals surface area contributed by atoms with Crippen LogP contribution >= 0.6 is 0 Å². The summed E-state index contributed by atoms with van der Waals surface area (Å²) < 4.78 is 26.4. The summed E-state index contributed by atoms with van der Waals surface area (Å²) in [6.45, 7) is 2.09. The molecule has 2 atom stereocenters. The van der Waals surface area contributed by atoms with Gasteiger partial charge in [-0.1, -0.05) is 30.3 Å². The molecule has 0 heterocycles. The number of hydrogen-bond acceptors (Lipinski definition) is 2. The van der Waals surface area contributed by atoms with E-state index in [1.807, 2.05) is 6.92 Å². The fourth-order valence-corrected chi connectivity index (χ4v) is 2.03. The molecular weight excluding hydrogens is 260 g/mol. The van der Waals surface area contributed by atoms with Gasteiger partial charge in [0.05, 0.1) is 6.10 Å². The summed E-state index contributed by atoms with van der Waals surface area (Å²) in [5, 5.41) is 13.1. The zero-order chi connectivity index (χ0) is 14.5. The molecule has 0 saturated heterocycles. The fraction of sp³-hybridized carbons (Fsp3) is 0.250. The van der Waals surface area contributed by atoms with Crippen molar-refractivity contribution in [2.45, 2.75) is 19.1 Å². The molecule has 4 heteroatoms. The van der Waals surface area contributed by atoms with Crippen molar-refractivity contribution in [3.63, 3.8) is 0 Å². The van der Waals surface area contributed by atoms with E-state index < -0.39 is 6.10 Å². The lowest BCUT2D eigenvalue weighted by Gasteiger charge is -2.18. The van der Waals surface area contributed by atoms with Crippen LogP contribution in [-0.2, 0) is 0 Å². The lowest BCUT2D eigenvalue weighted by molar-refractivity contribution is 0.170. The summed E-state index contributed by atoms with van der Waals surface area (Å²) in [5.41, 5.74) is 1.18. The lowest BCUT2D eigenvalue weighted by atomic mass is 10.1. The van der Waals surface area contributed by atoms with Crippen molar-refractivity contribution in [3.05, 3.63) is 71.3 Å². The fourth-order valence-electron chi connectivity index (χ4n) is 2.03. The van der Waals surface area contributed by atoms with Gasteiger partial charge in [0, 0.05) is 18.2 Å². The molecule has 2 aromatic rings. The number of nitrogens with one attached hydrogen (secondary N) is 1. The van der Waals surface area contributed by atoms with Crippen LogP contribution < -0.4 is 5.32 Å². The Labute approximate surface area is 117 Å². The third-order valence-electron chi connectivity index (χ3n) is 3.24. The SMILES string of the molecule is C[C@@H](NCC(O)c1ccc(F)cc1)c1ccccc1F. The minimum absolute atomic E-state index is 0.216.